The largest absolute Gasteiger partial charge is 0.396 e. The molecule has 0 amide bonds. The van der Waals surface area contributed by atoms with E-state index in [9.17, 15) is 0 Å². The van der Waals surface area contributed by atoms with E-state index >= 15 is 0 Å². The maximum atomic E-state index is 8.72. The molecule has 0 heterocycles. The summed E-state index contributed by atoms with van der Waals surface area (Å²) in [6.45, 7) is 5.98. The van der Waals surface area contributed by atoms with Crippen LogP contribution in [0.4, 0.5) is 0 Å². The van der Waals surface area contributed by atoms with E-state index in [2.05, 4.69) is 11.4 Å². The minimum atomic E-state index is -0.218. The van der Waals surface area contributed by atoms with Gasteiger partial charge in [-0.05, 0) is 46.2 Å². The molecule has 0 aliphatic rings. The van der Waals surface area contributed by atoms with Crippen molar-refractivity contribution < 1.29 is 5.11 Å². The van der Waals surface area contributed by atoms with Gasteiger partial charge in [-0.1, -0.05) is 0 Å². The van der Waals surface area contributed by atoms with E-state index in [0.717, 1.165) is 32.4 Å². The minimum absolute atomic E-state index is 0.218. The summed E-state index contributed by atoms with van der Waals surface area (Å²) in [7, 11) is 0. The molecule has 0 aliphatic carbocycles. The van der Waals surface area contributed by atoms with Gasteiger partial charge in [0.1, 0.15) is 0 Å². The maximum Gasteiger partial charge on any atom is 0.0684 e. The van der Waals surface area contributed by atoms with Crippen LogP contribution in [0.2, 0.25) is 0 Å². The van der Waals surface area contributed by atoms with Gasteiger partial charge in [-0.2, -0.15) is 5.26 Å². The second kappa shape index (κ2) is 6.88. The number of nitrogens with zero attached hydrogens (tertiary/aromatic N) is 1. The van der Waals surface area contributed by atoms with Crippen molar-refractivity contribution in [2.24, 2.45) is 5.41 Å². The summed E-state index contributed by atoms with van der Waals surface area (Å²) >= 11 is 0. The van der Waals surface area contributed by atoms with Crippen molar-refractivity contribution in [1.29, 1.82) is 5.26 Å². The molecule has 0 rings (SSSR count). The van der Waals surface area contributed by atoms with Crippen LogP contribution in [0.3, 0.4) is 0 Å². The summed E-state index contributed by atoms with van der Waals surface area (Å²) in [5.74, 6) is 0. The summed E-state index contributed by atoms with van der Waals surface area (Å²) in [5.41, 5.74) is -0.218. The second-order valence-electron chi connectivity index (χ2n) is 3.93. The summed E-state index contributed by atoms with van der Waals surface area (Å²) in [6.07, 6.45) is 2.74. The predicted molar refractivity (Wildman–Crippen MR) is 53.2 cm³/mol. The summed E-state index contributed by atoms with van der Waals surface area (Å²) in [6, 6.07) is 2.26. The molecular weight excluding hydrogens is 164 g/mol. The fourth-order valence-corrected chi connectivity index (χ4v) is 0.944. The van der Waals surface area contributed by atoms with Gasteiger partial charge in [0.05, 0.1) is 11.5 Å². The highest BCUT2D eigenvalue weighted by Crippen LogP contribution is 2.16. The molecule has 0 aromatic heterocycles. The summed E-state index contributed by atoms with van der Waals surface area (Å²) < 4.78 is 0. The Balaban J connectivity index is 3.22. The SMILES string of the molecule is CC(C)(C#N)CCNCCCCO. The lowest BCUT2D eigenvalue weighted by molar-refractivity contribution is 0.283. The first-order valence-corrected chi connectivity index (χ1v) is 4.85. The quantitative estimate of drug-likeness (QED) is 0.586. The zero-order valence-corrected chi connectivity index (χ0v) is 8.64. The van der Waals surface area contributed by atoms with Crippen LogP contribution in [0.15, 0.2) is 0 Å². The highest BCUT2D eigenvalue weighted by atomic mass is 16.2. The molecule has 0 radical (unpaired) electrons. The number of rotatable bonds is 7. The molecule has 0 fully saturated rings. The Hall–Kier alpha value is -0.590. The van der Waals surface area contributed by atoms with Crippen molar-refractivity contribution in [3.63, 3.8) is 0 Å². The van der Waals surface area contributed by atoms with Crippen LogP contribution in [-0.4, -0.2) is 24.8 Å². The van der Waals surface area contributed by atoms with E-state index in [1.54, 1.807) is 0 Å². The third-order valence-corrected chi connectivity index (χ3v) is 1.99. The highest BCUT2D eigenvalue weighted by molar-refractivity contribution is 4.91. The van der Waals surface area contributed by atoms with Gasteiger partial charge < -0.3 is 10.4 Å². The fraction of sp³-hybridized carbons (Fsp3) is 0.900. The smallest absolute Gasteiger partial charge is 0.0684 e. The third kappa shape index (κ3) is 7.76. The Labute approximate surface area is 80.8 Å². The van der Waals surface area contributed by atoms with Gasteiger partial charge in [0, 0.05) is 6.61 Å². The first kappa shape index (κ1) is 12.4. The Morgan fingerprint density at radius 3 is 2.54 bits per heavy atom. The lowest BCUT2D eigenvalue weighted by Gasteiger charge is -2.14. The van der Waals surface area contributed by atoms with E-state index in [4.69, 9.17) is 10.4 Å². The summed E-state index contributed by atoms with van der Waals surface area (Å²) in [4.78, 5) is 0. The van der Waals surface area contributed by atoms with Gasteiger partial charge in [0.2, 0.25) is 0 Å². The fourth-order valence-electron chi connectivity index (χ4n) is 0.944. The molecule has 0 unspecified atom stereocenters. The first-order valence-electron chi connectivity index (χ1n) is 4.85. The number of hydrogen-bond donors (Lipinski definition) is 2. The predicted octanol–water partition coefficient (Wildman–Crippen LogP) is 1.29. The van der Waals surface area contributed by atoms with Crippen molar-refractivity contribution in [2.75, 3.05) is 19.7 Å². The van der Waals surface area contributed by atoms with Crippen LogP contribution in [0.1, 0.15) is 33.1 Å². The average molecular weight is 184 g/mol. The molecule has 0 saturated carbocycles. The number of unbranched alkanes of at least 4 members (excludes halogenated alkanes) is 1. The van der Waals surface area contributed by atoms with E-state index in [0.29, 0.717) is 0 Å². The average Bonchev–Trinajstić information content (AvgIpc) is 2.11. The van der Waals surface area contributed by atoms with E-state index < -0.39 is 0 Å². The van der Waals surface area contributed by atoms with Gasteiger partial charge in [-0.15, -0.1) is 0 Å². The molecule has 3 heteroatoms. The van der Waals surface area contributed by atoms with Gasteiger partial charge >= 0.3 is 0 Å². The van der Waals surface area contributed by atoms with E-state index in [1.807, 2.05) is 13.8 Å². The molecule has 0 spiro atoms. The molecule has 0 saturated heterocycles. The van der Waals surface area contributed by atoms with Gasteiger partial charge in [-0.3, -0.25) is 0 Å². The van der Waals surface area contributed by atoms with Crippen molar-refractivity contribution in [2.45, 2.75) is 33.1 Å². The molecule has 0 aromatic rings. The molecule has 13 heavy (non-hydrogen) atoms. The van der Waals surface area contributed by atoms with Crippen LogP contribution in [0.5, 0.6) is 0 Å². The number of hydrogen-bond acceptors (Lipinski definition) is 3. The molecule has 0 atom stereocenters. The molecular formula is C10H20N2O. The Morgan fingerprint density at radius 2 is 2.00 bits per heavy atom. The van der Waals surface area contributed by atoms with Crippen LogP contribution in [0.25, 0.3) is 0 Å². The monoisotopic (exact) mass is 184 g/mol. The zero-order valence-electron chi connectivity index (χ0n) is 8.64. The van der Waals surface area contributed by atoms with Crippen molar-refractivity contribution in [1.82, 2.24) is 5.32 Å². The van der Waals surface area contributed by atoms with Crippen molar-refractivity contribution in [3.05, 3.63) is 0 Å². The molecule has 2 N–H and O–H groups in total. The Kier molecular flexibility index (Phi) is 6.56. The van der Waals surface area contributed by atoms with Crippen LogP contribution in [0, 0.1) is 16.7 Å². The second-order valence-corrected chi connectivity index (χ2v) is 3.93. The third-order valence-electron chi connectivity index (χ3n) is 1.99. The van der Waals surface area contributed by atoms with Crippen LogP contribution in [-0.2, 0) is 0 Å². The van der Waals surface area contributed by atoms with Crippen molar-refractivity contribution in [3.8, 4) is 6.07 Å². The van der Waals surface area contributed by atoms with Gasteiger partial charge in [0.15, 0.2) is 0 Å². The minimum Gasteiger partial charge on any atom is -0.396 e. The topological polar surface area (TPSA) is 56.0 Å². The number of nitriles is 1. The zero-order chi connectivity index (χ0) is 10.2. The van der Waals surface area contributed by atoms with E-state index in [-0.39, 0.29) is 12.0 Å². The first-order chi connectivity index (χ1) is 6.12. The van der Waals surface area contributed by atoms with Crippen molar-refractivity contribution >= 4 is 0 Å². The van der Waals surface area contributed by atoms with Crippen LogP contribution >= 0.6 is 0 Å². The number of nitrogens with one attached hydrogen (secondary N) is 1. The standard InChI is InChI=1S/C10H20N2O/c1-10(2,9-11)5-7-12-6-3-4-8-13/h12-13H,3-8H2,1-2H3. The molecule has 0 aromatic carbocycles. The van der Waals surface area contributed by atoms with E-state index in [1.165, 1.54) is 0 Å². The Bertz CT molecular complexity index is 161. The molecule has 76 valence electrons. The molecule has 0 aliphatic heterocycles. The lowest BCUT2D eigenvalue weighted by Crippen LogP contribution is -2.22. The molecule has 0 bridgehead atoms. The van der Waals surface area contributed by atoms with Gasteiger partial charge in [0.25, 0.3) is 0 Å². The maximum absolute atomic E-state index is 8.72. The Morgan fingerprint density at radius 1 is 1.31 bits per heavy atom. The highest BCUT2D eigenvalue weighted by Gasteiger charge is 2.14. The number of aliphatic hydroxyl groups is 1. The van der Waals surface area contributed by atoms with Gasteiger partial charge in [-0.25, -0.2) is 0 Å². The van der Waals surface area contributed by atoms with Crippen LogP contribution < -0.4 is 5.32 Å². The normalized spacial score (nSPS) is 11.2. The number of aliphatic hydroxyl groups excluding tert-OH is 1. The summed E-state index contributed by atoms with van der Waals surface area (Å²) in [5, 5.41) is 20.5. The molecule has 3 nitrogen and oxygen atoms in total. The lowest BCUT2D eigenvalue weighted by atomic mass is 9.91.